The number of alkyl halides is 2. The van der Waals surface area contributed by atoms with Crippen LogP contribution in [-0.2, 0) is 22.4 Å². The predicted octanol–water partition coefficient (Wildman–Crippen LogP) is 3.48. The topological polar surface area (TPSA) is 79.9 Å². The van der Waals surface area contributed by atoms with Crippen molar-refractivity contribution in [2.75, 3.05) is 38.6 Å². The normalized spacial score (nSPS) is 10.9. The standard InChI is InChI=1S/C24H31F2N3O4/c1-4-29(5-2)13-12-27-22(30)15-18-8-9-19(16-21(18)32-3)28-23(31)14-17-6-10-20(11-7-17)33-24(25)26/h6-11,16,24H,4-5,12-15H2,1-3H3,(H,27,30)(H,28,31). The van der Waals surface area contributed by atoms with Gasteiger partial charge in [-0.25, -0.2) is 0 Å². The summed E-state index contributed by atoms with van der Waals surface area (Å²) in [7, 11) is 1.51. The van der Waals surface area contributed by atoms with Gasteiger partial charge in [0, 0.05) is 30.4 Å². The molecule has 0 fully saturated rings. The largest absolute Gasteiger partial charge is 0.496 e. The van der Waals surface area contributed by atoms with E-state index in [1.54, 1.807) is 30.3 Å². The molecule has 7 nitrogen and oxygen atoms in total. The van der Waals surface area contributed by atoms with Crippen LogP contribution in [-0.4, -0.2) is 56.6 Å². The van der Waals surface area contributed by atoms with Crippen molar-refractivity contribution in [3.05, 3.63) is 53.6 Å². The molecule has 2 amide bonds. The van der Waals surface area contributed by atoms with Gasteiger partial charge in [-0.1, -0.05) is 32.0 Å². The number of amides is 2. The molecule has 0 aliphatic heterocycles. The van der Waals surface area contributed by atoms with Gasteiger partial charge >= 0.3 is 6.61 Å². The number of hydrogen-bond donors (Lipinski definition) is 2. The molecule has 2 N–H and O–H groups in total. The van der Waals surface area contributed by atoms with E-state index in [2.05, 4.69) is 34.1 Å². The summed E-state index contributed by atoms with van der Waals surface area (Å²) in [6.07, 6.45) is 0.233. The van der Waals surface area contributed by atoms with E-state index < -0.39 is 6.61 Å². The lowest BCUT2D eigenvalue weighted by Crippen LogP contribution is -2.35. The van der Waals surface area contributed by atoms with E-state index >= 15 is 0 Å². The summed E-state index contributed by atoms with van der Waals surface area (Å²) in [4.78, 5) is 26.9. The zero-order valence-electron chi connectivity index (χ0n) is 19.2. The molecule has 2 aromatic rings. The van der Waals surface area contributed by atoms with Crippen LogP contribution in [0.2, 0.25) is 0 Å². The first-order chi connectivity index (χ1) is 15.8. The maximum absolute atomic E-state index is 12.4. The maximum atomic E-state index is 12.4. The summed E-state index contributed by atoms with van der Waals surface area (Å²) >= 11 is 0. The first kappa shape index (κ1) is 26.1. The minimum Gasteiger partial charge on any atom is -0.496 e. The summed E-state index contributed by atoms with van der Waals surface area (Å²) in [6.45, 7) is 4.51. The number of hydrogen-bond acceptors (Lipinski definition) is 5. The van der Waals surface area contributed by atoms with Gasteiger partial charge in [0.05, 0.1) is 20.0 Å². The lowest BCUT2D eigenvalue weighted by Gasteiger charge is -2.18. The number of carbonyl (C=O) groups excluding carboxylic acids is 2. The van der Waals surface area contributed by atoms with Crippen molar-refractivity contribution in [3.8, 4) is 11.5 Å². The number of carbonyl (C=O) groups is 2. The van der Waals surface area contributed by atoms with Crippen LogP contribution in [0.4, 0.5) is 14.5 Å². The minimum atomic E-state index is -2.89. The Morgan fingerprint density at radius 2 is 1.70 bits per heavy atom. The molecular weight excluding hydrogens is 432 g/mol. The van der Waals surface area contributed by atoms with Crippen LogP contribution in [0.15, 0.2) is 42.5 Å². The lowest BCUT2D eigenvalue weighted by molar-refractivity contribution is -0.120. The molecule has 0 aliphatic carbocycles. The molecule has 180 valence electrons. The van der Waals surface area contributed by atoms with E-state index in [0.717, 1.165) is 19.6 Å². The van der Waals surface area contributed by atoms with E-state index in [4.69, 9.17) is 4.74 Å². The highest BCUT2D eigenvalue weighted by atomic mass is 19.3. The molecule has 33 heavy (non-hydrogen) atoms. The number of rotatable bonds is 13. The molecule has 0 radical (unpaired) electrons. The molecular formula is C24H31F2N3O4. The SMILES string of the molecule is CCN(CC)CCNC(=O)Cc1ccc(NC(=O)Cc2ccc(OC(F)F)cc2)cc1OC. The lowest BCUT2D eigenvalue weighted by atomic mass is 10.1. The van der Waals surface area contributed by atoms with E-state index in [9.17, 15) is 18.4 Å². The van der Waals surface area contributed by atoms with Crippen LogP contribution in [0.25, 0.3) is 0 Å². The number of likely N-dealkylation sites (N-methyl/N-ethyl adjacent to an activating group) is 1. The highest BCUT2D eigenvalue weighted by Crippen LogP contribution is 2.24. The fraction of sp³-hybridized carbons (Fsp3) is 0.417. The molecule has 0 saturated heterocycles. The van der Waals surface area contributed by atoms with Gasteiger partial charge in [0.25, 0.3) is 0 Å². The fourth-order valence-electron chi connectivity index (χ4n) is 3.28. The van der Waals surface area contributed by atoms with Gasteiger partial charge in [-0.05, 0) is 36.9 Å². The highest BCUT2D eigenvalue weighted by Gasteiger charge is 2.12. The van der Waals surface area contributed by atoms with Crippen LogP contribution in [0.3, 0.4) is 0 Å². The smallest absolute Gasteiger partial charge is 0.387 e. The monoisotopic (exact) mass is 463 g/mol. The number of methoxy groups -OCH3 is 1. The van der Waals surface area contributed by atoms with Crippen molar-refractivity contribution >= 4 is 17.5 Å². The summed E-state index contributed by atoms with van der Waals surface area (Å²) < 4.78 is 34.1. The van der Waals surface area contributed by atoms with Crippen molar-refractivity contribution in [2.45, 2.75) is 33.3 Å². The Labute approximate surface area is 193 Å². The first-order valence-electron chi connectivity index (χ1n) is 10.8. The van der Waals surface area contributed by atoms with Gasteiger partial charge in [0.2, 0.25) is 11.8 Å². The Kier molecular flexibility index (Phi) is 10.6. The third-order valence-corrected chi connectivity index (χ3v) is 5.08. The number of ether oxygens (including phenoxy) is 2. The molecule has 9 heteroatoms. The number of benzene rings is 2. The van der Waals surface area contributed by atoms with E-state index in [1.165, 1.54) is 19.2 Å². The van der Waals surface area contributed by atoms with Crippen molar-refractivity contribution in [1.29, 1.82) is 0 Å². The third kappa shape index (κ3) is 9.05. The van der Waals surface area contributed by atoms with Crippen LogP contribution < -0.4 is 20.1 Å². The molecule has 0 spiro atoms. The van der Waals surface area contributed by atoms with E-state index in [-0.39, 0.29) is 30.4 Å². The average molecular weight is 464 g/mol. The molecule has 2 aromatic carbocycles. The molecule has 0 atom stereocenters. The number of nitrogens with zero attached hydrogens (tertiary/aromatic N) is 1. The minimum absolute atomic E-state index is 0.0339. The van der Waals surface area contributed by atoms with Crippen LogP contribution >= 0.6 is 0 Å². The van der Waals surface area contributed by atoms with Gasteiger partial charge in [-0.15, -0.1) is 0 Å². The van der Waals surface area contributed by atoms with Gasteiger partial charge in [-0.3, -0.25) is 9.59 Å². The Morgan fingerprint density at radius 1 is 1.00 bits per heavy atom. The zero-order chi connectivity index (χ0) is 24.2. The Hall–Kier alpha value is -3.20. The second kappa shape index (κ2) is 13.4. The number of halogens is 2. The summed E-state index contributed by atoms with van der Waals surface area (Å²) in [5, 5.41) is 5.69. The molecule has 2 rings (SSSR count). The van der Waals surface area contributed by atoms with Gasteiger partial charge < -0.3 is 25.0 Å². The summed E-state index contributed by atoms with van der Waals surface area (Å²) in [5.74, 6) is 0.157. The Morgan fingerprint density at radius 3 is 2.30 bits per heavy atom. The van der Waals surface area contributed by atoms with Crippen molar-refractivity contribution in [3.63, 3.8) is 0 Å². The van der Waals surface area contributed by atoms with Gasteiger partial charge in [0.1, 0.15) is 11.5 Å². The number of nitrogens with one attached hydrogen (secondary N) is 2. The quantitative estimate of drug-likeness (QED) is 0.476. The summed E-state index contributed by atoms with van der Waals surface area (Å²) in [6, 6.07) is 11.0. The third-order valence-electron chi connectivity index (χ3n) is 5.08. The fourth-order valence-corrected chi connectivity index (χ4v) is 3.28. The molecule has 0 aliphatic rings. The molecule has 0 saturated carbocycles. The van der Waals surface area contributed by atoms with Crippen LogP contribution in [0, 0.1) is 0 Å². The number of anilines is 1. The van der Waals surface area contributed by atoms with Crippen LogP contribution in [0.5, 0.6) is 11.5 Å². The summed E-state index contributed by atoms with van der Waals surface area (Å²) in [5.41, 5.74) is 1.89. The van der Waals surface area contributed by atoms with Crippen LogP contribution in [0.1, 0.15) is 25.0 Å². The predicted molar refractivity (Wildman–Crippen MR) is 123 cm³/mol. The highest BCUT2D eigenvalue weighted by molar-refractivity contribution is 5.92. The second-order valence-corrected chi connectivity index (χ2v) is 7.33. The Balaban J connectivity index is 1.90. The average Bonchev–Trinajstić information content (AvgIpc) is 2.78. The second-order valence-electron chi connectivity index (χ2n) is 7.33. The zero-order valence-corrected chi connectivity index (χ0v) is 19.2. The van der Waals surface area contributed by atoms with Crippen molar-refractivity contribution < 1.29 is 27.8 Å². The van der Waals surface area contributed by atoms with Crippen molar-refractivity contribution in [1.82, 2.24) is 10.2 Å². The Bertz CT molecular complexity index is 903. The first-order valence-corrected chi connectivity index (χ1v) is 10.8. The molecule has 0 heterocycles. The van der Waals surface area contributed by atoms with Gasteiger partial charge in [0.15, 0.2) is 0 Å². The molecule has 0 unspecified atom stereocenters. The maximum Gasteiger partial charge on any atom is 0.387 e. The van der Waals surface area contributed by atoms with E-state index in [0.29, 0.717) is 29.1 Å². The molecule has 0 bridgehead atoms. The van der Waals surface area contributed by atoms with Gasteiger partial charge in [-0.2, -0.15) is 8.78 Å². The molecule has 0 aromatic heterocycles. The van der Waals surface area contributed by atoms with E-state index in [1.807, 2.05) is 0 Å². The van der Waals surface area contributed by atoms with Crippen molar-refractivity contribution in [2.24, 2.45) is 0 Å².